The van der Waals surface area contributed by atoms with Gasteiger partial charge in [-0.3, -0.25) is 9.48 Å². The zero-order chi connectivity index (χ0) is 15.1. The molecule has 1 atom stereocenters. The lowest BCUT2D eigenvalue weighted by Gasteiger charge is -2.26. The van der Waals surface area contributed by atoms with Crippen molar-refractivity contribution in [3.8, 4) is 0 Å². The highest BCUT2D eigenvalue weighted by molar-refractivity contribution is 5.76. The number of amides is 1. The summed E-state index contributed by atoms with van der Waals surface area (Å²) in [6.07, 6.45) is 5.13. The van der Waals surface area contributed by atoms with Gasteiger partial charge < -0.3 is 15.4 Å². The van der Waals surface area contributed by atoms with Crippen molar-refractivity contribution >= 4 is 5.91 Å². The number of hydrogen-bond acceptors (Lipinski definition) is 5. The van der Waals surface area contributed by atoms with Crippen LogP contribution in [0.3, 0.4) is 0 Å². The van der Waals surface area contributed by atoms with Gasteiger partial charge >= 0.3 is 0 Å². The number of aromatic nitrogens is 3. The van der Waals surface area contributed by atoms with Crippen LogP contribution in [0.5, 0.6) is 0 Å². The van der Waals surface area contributed by atoms with E-state index in [4.69, 9.17) is 10.5 Å². The van der Waals surface area contributed by atoms with Crippen LogP contribution >= 0.6 is 0 Å². The molecule has 1 aromatic rings. The summed E-state index contributed by atoms with van der Waals surface area (Å²) in [5.41, 5.74) is 6.83. The van der Waals surface area contributed by atoms with E-state index in [-0.39, 0.29) is 11.9 Å². The molecule has 7 heteroatoms. The van der Waals surface area contributed by atoms with Crippen molar-refractivity contribution in [2.45, 2.75) is 45.2 Å². The van der Waals surface area contributed by atoms with E-state index >= 15 is 0 Å². The summed E-state index contributed by atoms with van der Waals surface area (Å²) in [6, 6.07) is -0.0428. The molecule has 118 valence electrons. The third-order valence-corrected chi connectivity index (χ3v) is 3.68. The minimum Gasteiger partial charge on any atom is -0.378 e. The maximum atomic E-state index is 12.0. The van der Waals surface area contributed by atoms with Crippen molar-refractivity contribution in [3.05, 3.63) is 11.9 Å². The SMILES string of the molecule is CCCC(N)c1cn(CCCC(=O)N2CCOCC2)nn1. The molecule has 1 aliphatic heterocycles. The lowest BCUT2D eigenvalue weighted by atomic mass is 10.1. The average Bonchev–Trinajstić information content (AvgIpc) is 2.97. The van der Waals surface area contributed by atoms with Crippen LogP contribution in [0.4, 0.5) is 0 Å². The molecule has 0 bridgehead atoms. The van der Waals surface area contributed by atoms with E-state index < -0.39 is 0 Å². The molecule has 0 aliphatic carbocycles. The summed E-state index contributed by atoms with van der Waals surface area (Å²) < 4.78 is 7.02. The molecule has 1 aromatic heterocycles. The molecule has 1 unspecified atom stereocenters. The van der Waals surface area contributed by atoms with Gasteiger partial charge in [0, 0.05) is 26.1 Å². The van der Waals surface area contributed by atoms with Crippen molar-refractivity contribution < 1.29 is 9.53 Å². The molecule has 2 heterocycles. The maximum absolute atomic E-state index is 12.0. The van der Waals surface area contributed by atoms with Gasteiger partial charge in [-0.2, -0.15) is 0 Å². The number of morpholine rings is 1. The van der Waals surface area contributed by atoms with E-state index in [0.717, 1.165) is 25.0 Å². The highest BCUT2D eigenvalue weighted by Gasteiger charge is 2.16. The van der Waals surface area contributed by atoms with Crippen molar-refractivity contribution in [1.29, 1.82) is 0 Å². The van der Waals surface area contributed by atoms with Crippen molar-refractivity contribution in [2.24, 2.45) is 5.73 Å². The minimum absolute atomic E-state index is 0.0428. The lowest BCUT2D eigenvalue weighted by molar-refractivity contribution is -0.135. The molecule has 0 saturated carbocycles. The number of nitrogens with two attached hydrogens (primary N) is 1. The van der Waals surface area contributed by atoms with Crippen LogP contribution in [0.2, 0.25) is 0 Å². The molecule has 0 radical (unpaired) electrons. The number of carbonyl (C=O) groups is 1. The second kappa shape index (κ2) is 8.09. The Kier molecular flexibility index (Phi) is 6.13. The Balaban J connectivity index is 1.72. The molecule has 1 fully saturated rings. The molecule has 1 amide bonds. The first-order valence-corrected chi connectivity index (χ1v) is 7.72. The van der Waals surface area contributed by atoms with Gasteiger partial charge in [-0.15, -0.1) is 5.10 Å². The van der Waals surface area contributed by atoms with Crippen LogP contribution < -0.4 is 5.73 Å². The van der Waals surface area contributed by atoms with Gasteiger partial charge in [-0.25, -0.2) is 0 Å². The first-order valence-electron chi connectivity index (χ1n) is 7.72. The summed E-state index contributed by atoms with van der Waals surface area (Å²) in [5.74, 6) is 0.196. The molecule has 2 N–H and O–H groups in total. The Morgan fingerprint density at radius 3 is 2.95 bits per heavy atom. The highest BCUT2D eigenvalue weighted by Crippen LogP contribution is 2.12. The van der Waals surface area contributed by atoms with E-state index in [1.165, 1.54) is 0 Å². The molecule has 1 saturated heterocycles. The van der Waals surface area contributed by atoms with Crippen LogP contribution in [0, 0.1) is 0 Å². The fraction of sp³-hybridized carbons (Fsp3) is 0.786. The van der Waals surface area contributed by atoms with Crippen LogP contribution in [0.1, 0.15) is 44.3 Å². The van der Waals surface area contributed by atoms with E-state index in [0.29, 0.717) is 39.3 Å². The number of rotatable bonds is 7. The summed E-state index contributed by atoms with van der Waals surface area (Å²) in [6.45, 7) is 5.50. The van der Waals surface area contributed by atoms with Gasteiger partial charge in [0.25, 0.3) is 0 Å². The largest absolute Gasteiger partial charge is 0.378 e. The van der Waals surface area contributed by atoms with Gasteiger partial charge in [0.05, 0.1) is 31.1 Å². The minimum atomic E-state index is -0.0428. The highest BCUT2D eigenvalue weighted by atomic mass is 16.5. The molecule has 21 heavy (non-hydrogen) atoms. The van der Waals surface area contributed by atoms with Crippen LogP contribution in [0.25, 0.3) is 0 Å². The van der Waals surface area contributed by atoms with Crippen LogP contribution in [-0.2, 0) is 16.1 Å². The van der Waals surface area contributed by atoms with Gasteiger partial charge in [0.2, 0.25) is 5.91 Å². The summed E-state index contributed by atoms with van der Waals surface area (Å²) in [4.78, 5) is 13.9. The number of hydrogen-bond donors (Lipinski definition) is 1. The molecule has 1 aliphatic rings. The van der Waals surface area contributed by atoms with Gasteiger partial charge in [0.1, 0.15) is 0 Å². The second-order valence-corrected chi connectivity index (χ2v) is 5.40. The Bertz CT molecular complexity index is 442. The van der Waals surface area contributed by atoms with E-state index in [2.05, 4.69) is 17.2 Å². The zero-order valence-electron chi connectivity index (χ0n) is 12.7. The molecule has 0 spiro atoms. The fourth-order valence-electron chi connectivity index (χ4n) is 2.41. The molecule has 0 aromatic carbocycles. The van der Waals surface area contributed by atoms with Gasteiger partial charge in [-0.1, -0.05) is 18.6 Å². The smallest absolute Gasteiger partial charge is 0.222 e. The number of nitrogens with zero attached hydrogens (tertiary/aromatic N) is 4. The first-order chi connectivity index (χ1) is 10.2. The standard InChI is InChI=1S/C14H25N5O2/c1-2-4-12(15)13-11-19(17-16-13)6-3-5-14(20)18-7-9-21-10-8-18/h11-12H,2-10,15H2,1H3. The van der Waals surface area contributed by atoms with E-state index in [1.54, 1.807) is 4.68 Å². The maximum Gasteiger partial charge on any atom is 0.222 e. The number of carbonyl (C=O) groups excluding carboxylic acids is 1. The van der Waals surface area contributed by atoms with Crippen molar-refractivity contribution in [3.63, 3.8) is 0 Å². The van der Waals surface area contributed by atoms with Crippen molar-refractivity contribution in [2.75, 3.05) is 26.3 Å². The Hall–Kier alpha value is -1.47. The Labute approximate surface area is 125 Å². The Morgan fingerprint density at radius 1 is 1.48 bits per heavy atom. The quantitative estimate of drug-likeness (QED) is 0.801. The first kappa shape index (κ1) is 15.9. The summed E-state index contributed by atoms with van der Waals surface area (Å²) in [5, 5.41) is 8.17. The third kappa shape index (κ3) is 4.78. The predicted octanol–water partition coefficient (Wildman–Crippen LogP) is 0.717. The monoisotopic (exact) mass is 295 g/mol. The number of ether oxygens (including phenoxy) is 1. The van der Waals surface area contributed by atoms with Crippen LogP contribution in [0.15, 0.2) is 6.20 Å². The Morgan fingerprint density at radius 2 is 2.24 bits per heavy atom. The second-order valence-electron chi connectivity index (χ2n) is 5.40. The topological polar surface area (TPSA) is 86.3 Å². The summed E-state index contributed by atoms with van der Waals surface area (Å²) >= 11 is 0. The predicted molar refractivity (Wildman–Crippen MR) is 78.5 cm³/mol. The van der Waals surface area contributed by atoms with Crippen LogP contribution in [-0.4, -0.2) is 52.1 Å². The third-order valence-electron chi connectivity index (χ3n) is 3.68. The van der Waals surface area contributed by atoms with Gasteiger partial charge in [-0.05, 0) is 12.8 Å². The van der Waals surface area contributed by atoms with Gasteiger partial charge in [0.15, 0.2) is 0 Å². The summed E-state index contributed by atoms with van der Waals surface area (Å²) in [7, 11) is 0. The molecule has 2 rings (SSSR count). The zero-order valence-corrected chi connectivity index (χ0v) is 12.7. The average molecular weight is 295 g/mol. The normalized spacial score (nSPS) is 17.0. The number of aryl methyl sites for hydroxylation is 1. The fourth-order valence-corrected chi connectivity index (χ4v) is 2.41. The van der Waals surface area contributed by atoms with Crippen molar-refractivity contribution in [1.82, 2.24) is 19.9 Å². The lowest BCUT2D eigenvalue weighted by Crippen LogP contribution is -2.40. The molecular weight excluding hydrogens is 270 g/mol. The molecule has 7 nitrogen and oxygen atoms in total. The molecular formula is C14H25N5O2. The van der Waals surface area contributed by atoms with E-state index in [1.807, 2.05) is 11.1 Å². The van der Waals surface area contributed by atoms with E-state index in [9.17, 15) is 4.79 Å².